The molecule has 3 aromatic rings. The SMILES string of the molecule is Cc1cccnc1-c1cc2cccnc2c(NC=CCS(=O)(=O)CC(=O)NCCS(=O)(=O)O)n1. The van der Waals surface area contributed by atoms with Crippen molar-refractivity contribution >= 4 is 42.6 Å². The van der Waals surface area contributed by atoms with Gasteiger partial charge in [-0.3, -0.25) is 19.3 Å². The third-order valence-corrected chi connectivity index (χ3v) is 6.68. The quantitative estimate of drug-likeness (QED) is 0.342. The summed E-state index contributed by atoms with van der Waals surface area (Å²) in [6.45, 7) is 1.54. The van der Waals surface area contributed by atoms with Gasteiger partial charge in [0.2, 0.25) is 5.91 Å². The zero-order chi connectivity index (χ0) is 24.8. The average molecular weight is 506 g/mol. The fraction of sp³-hybridized carbons (Fsp3) is 0.238. The van der Waals surface area contributed by atoms with Crippen LogP contribution in [0.5, 0.6) is 0 Å². The fourth-order valence-corrected chi connectivity index (χ4v) is 4.39. The second kappa shape index (κ2) is 10.7. The van der Waals surface area contributed by atoms with Crippen molar-refractivity contribution in [3.8, 4) is 11.4 Å². The average Bonchev–Trinajstić information content (AvgIpc) is 2.75. The van der Waals surface area contributed by atoms with Gasteiger partial charge < -0.3 is 10.6 Å². The molecule has 0 fully saturated rings. The van der Waals surface area contributed by atoms with E-state index in [1.807, 2.05) is 31.2 Å². The number of pyridine rings is 3. The van der Waals surface area contributed by atoms with Gasteiger partial charge in [0.25, 0.3) is 10.1 Å². The van der Waals surface area contributed by atoms with Crippen molar-refractivity contribution in [2.24, 2.45) is 0 Å². The molecule has 0 atom stereocenters. The number of carbonyl (C=O) groups is 1. The summed E-state index contributed by atoms with van der Waals surface area (Å²) in [5.74, 6) is -2.40. The van der Waals surface area contributed by atoms with Crippen LogP contribution in [0.3, 0.4) is 0 Å². The van der Waals surface area contributed by atoms with Gasteiger partial charge >= 0.3 is 0 Å². The number of carbonyl (C=O) groups excluding carboxylic acids is 1. The highest BCUT2D eigenvalue weighted by Crippen LogP contribution is 2.26. The summed E-state index contributed by atoms with van der Waals surface area (Å²) in [6.07, 6.45) is 6.03. The van der Waals surface area contributed by atoms with E-state index in [-0.39, 0.29) is 6.54 Å². The Morgan fingerprint density at radius 2 is 1.85 bits per heavy atom. The molecule has 1 amide bonds. The second-order valence-electron chi connectivity index (χ2n) is 7.34. The number of hydrogen-bond acceptors (Lipinski definition) is 9. The van der Waals surface area contributed by atoms with Crippen LogP contribution in [0, 0.1) is 6.92 Å². The number of amides is 1. The van der Waals surface area contributed by atoms with Crippen LogP contribution in [0.4, 0.5) is 5.82 Å². The number of nitrogens with zero attached hydrogens (tertiary/aromatic N) is 3. The minimum atomic E-state index is -4.25. The van der Waals surface area contributed by atoms with Crippen LogP contribution in [-0.2, 0) is 24.7 Å². The summed E-state index contributed by atoms with van der Waals surface area (Å²) in [5.41, 5.74) is 2.87. The Labute approximate surface area is 197 Å². The summed E-state index contributed by atoms with van der Waals surface area (Å²) in [5, 5.41) is 5.91. The Morgan fingerprint density at radius 1 is 1.12 bits per heavy atom. The summed E-state index contributed by atoms with van der Waals surface area (Å²) in [4.78, 5) is 25.0. The number of fused-ring (bicyclic) bond motifs is 1. The molecule has 0 aliphatic carbocycles. The monoisotopic (exact) mass is 505 g/mol. The van der Waals surface area contributed by atoms with E-state index in [0.29, 0.717) is 22.7 Å². The van der Waals surface area contributed by atoms with Crippen LogP contribution in [-0.4, -0.2) is 66.1 Å². The molecule has 3 aromatic heterocycles. The topological polar surface area (TPSA) is 168 Å². The number of sulfone groups is 1. The first-order valence-electron chi connectivity index (χ1n) is 10.1. The van der Waals surface area contributed by atoms with Gasteiger partial charge in [0.05, 0.1) is 22.9 Å². The maximum absolute atomic E-state index is 12.2. The van der Waals surface area contributed by atoms with E-state index in [0.717, 1.165) is 10.9 Å². The lowest BCUT2D eigenvalue weighted by molar-refractivity contribution is -0.118. The lowest BCUT2D eigenvalue weighted by Crippen LogP contribution is -2.34. The first-order valence-corrected chi connectivity index (χ1v) is 13.5. The lowest BCUT2D eigenvalue weighted by Gasteiger charge is -2.10. The summed E-state index contributed by atoms with van der Waals surface area (Å²) < 4.78 is 54.2. The molecule has 11 nitrogen and oxygen atoms in total. The van der Waals surface area contributed by atoms with Crippen molar-refractivity contribution in [2.75, 3.05) is 29.1 Å². The van der Waals surface area contributed by atoms with Crippen LogP contribution in [0.2, 0.25) is 0 Å². The van der Waals surface area contributed by atoms with Crippen molar-refractivity contribution in [1.29, 1.82) is 0 Å². The molecule has 180 valence electrons. The minimum Gasteiger partial charge on any atom is -0.354 e. The molecule has 3 rings (SSSR count). The summed E-state index contributed by atoms with van der Waals surface area (Å²) >= 11 is 0. The third-order valence-electron chi connectivity index (χ3n) is 4.56. The lowest BCUT2D eigenvalue weighted by atomic mass is 10.1. The minimum absolute atomic E-state index is 0.386. The van der Waals surface area contributed by atoms with E-state index in [1.54, 1.807) is 18.5 Å². The molecule has 0 unspecified atom stereocenters. The molecule has 0 aliphatic heterocycles. The molecule has 13 heteroatoms. The van der Waals surface area contributed by atoms with E-state index >= 15 is 0 Å². The highest BCUT2D eigenvalue weighted by Gasteiger charge is 2.16. The van der Waals surface area contributed by atoms with Gasteiger partial charge in [-0.05, 0) is 36.9 Å². The Kier molecular flexibility index (Phi) is 7.91. The van der Waals surface area contributed by atoms with Crippen LogP contribution in [0.25, 0.3) is 22.3 Å². The van der Waals surface area contributed by atoms with E-state index in [4.69, 9.17) is 4.55 Å². The van der Waals surface area contributed by atoms with Crippen molar-refractivity contribution < 1.29 is 26.2 Å². The molecule has 0 aliphatic rings. The Bertz CT molecular complexity index is 1440. The van der Waals surface area contributed by atoms with Crippen molar-refractivity contribution in [1.82, 2.24) is 20.3 Å². The van der Waals surface area contributed by atoms with Crippen LogP contribution in [0.1, 0.15) is 5.56 Å². The first kappa shape index (κ1) is 25.2. The Hall–Kier alpha value is -3.42. The number of aryl methyl sites for hydroxylation is 1. The number of nitrogens with one attached hydrogen (secondary N) is 2. The van der Waals surface area contributed by atoms with Gasteiger partial charge in [0.1, 0.15) is 11.3 Å². The smallest absolute Gasteiger partial charge is 0.266 e. The molecule has 3 heterocycles. The zero-order valence-electron chi connectivity index (χ0n) is 18.2. The van der Waals surface area contributed by atoms with E-state index in [9.17, 15) is 21.6 Å². The zero-order valence-corrected chi connectivity index (χ0v) is 19.8. The number of hydrogen-bond donors (Lipinski definition) is 3. The molecule has 0 saturated heterocycles. The van der Waals surface area contributed by atoms with Crippen molar-refractivity contribution in [3.63, 3.8) is 0 Å². The van der Waals surface area contributed by atoms with Crippen molar-refractivity contribution in [3.05, 3.63) is 60.6 Å². The van der Waals surface area contributed by atoms with E-state index < -0.39 is 43.1 Å². The van der Waals surface area contributed by atoms with Gasteiger partial charge in [-0.25, -0.2) is 13.4 Å². The number of aromatic nitrogens is 3. The predicted octanol–water partition coefficient (Wildman–Crippen LogP) is 1.34. The molecule has 0 aromatic carbocycles. The van der Waals surface area contributed by atoms with Gasteiger partial charge in [0, 0.05) is 24.3 Å². The van der Waals surface area contributed by atoms with Gasteiger partial charge in [-0.1, -0.05) is 18.2 Å². The first-order chi connectivity index (χ1) is 16.0. The molecule has 34 heavy (non-hydrogen) atoms. The normalized spacial score (nSPS) is 12.2. The van der Waals surface area contributed by atoms with Gasteiger partial charge in [-0.2, -0.15) is 8.42 Å². The molecule has 0 spiro atoms. The van der Waals surface area contributed by atoms with Crippen molar-refractivity contribution in [2.45, 2.75) is 6.92 Å². The van der Waals surface area contributed by atoms with Crippen LogP contribution in [0.15, 0.2) is 55.0 Å². The molecule has 0 saturated carbocycles. The largest absolute Gasteiger partial charge is 0.354 e. The highest BCUT2D eigenvalue weighted by molar-refractivity contribution is 7.92. The molecular formula is C21H23N5O6S2. The Morgan fingerprint density at radius 3 is 2.59 bits per heavy atom. The van der Waals surface area contributed by atoms with Crippen LogP contribution >= 0.6 is 0 Å². The van der Waals surface area contributed by atoms with Gasteiger partial charge in [0.15, 0.2) is 15.7 Å². The standard InChI is InChI=1S/C21H23N5O6S2/c1-15-5-2-7-23-19(15)17-13-16-6-3-8-24-20(16)21(26-17)25-9-4-11-33(28,29)14-18(27)22-10-12-34(30,31)32/h2-9,13H,10-12,14H2,1H3,(H,22,27)(H,25,26)(H,30,31,32). The molecule has 0 bridgehead atoms. The fourth-order valence-electron chi connectivity index (χ4n) is 3.02. The number of rotatable bonds is 10. The Balaban J connectivity index is 1.69. The maximum Gasteiger partial charge on any atom is 0.266 e. The van der Waals surface area contributed by atoms with Gasteiger partial charge in [-0.15, -0.1) is 0 Å². The highest BCUT2D eigenvalue weighted by atomic mass is 32.2. The van der Waals surface area contributed by atoms with E-state index in [2.05, 4.69) is 25.6 Å². The third kappa shape index (κ3) is 7.30. The second-order valence-corrected chi connectivity index (χ2v) is 11.0. The molecule has 0 radical (unpaired) electrons. The summed E-state index contributed by atoms with van der Waals surface area (Å²) in [6, 6.07) is 9.31. The molecular weight excluding hydrogens is 482 g/mol. The van der Waals surface area contributed by atoms with E-state index in [1.165, 1.54) is 12.3 Å². The number of anilines is 1. The van der Waals surface area contributed by atoms with Crippen LogP contribution < -0.4 is 10.6 Å². The summed E-state index contributed by atoms with van der Waals surface area (Å²) in [7, 11) is -8.04. The predicted molar refractivity (Wildman–Crippen MR) is 128 cm³/mol. The maximum atomic E-state index is 12.2. The molecule has 3 N–H and O–H groups in total.